The van der Waals surface area contributed by atoms with Gasteiger partial charge in [-0.15, -0.1) is 0 Å². The average molecular weight is 434 g/mol. The molecule has 0 aliphatic carbocycles. The summed E-state index contributed by atoms with van der Waals surface area (Å²) in [7, 11) is -3.53. The van der Waals surface area contributed by atoms with E-state index in [1.165, 1.54) is 0 Å². The molecule has 7 nitrogen and oxygen atoms in total. The smallest absolute Gasteiger partial charge is 0.410 e. The van der Waals surface area contributed by atoms with E-state index in [1.54, 1.807) is 17.0 Å². The van der Waals surface area contributed by atoms with E-state index in [4.69, 9.17) is 4.74 Å². The summed E-state index contributed by atoms with van der Waals surface area (Å²) >= 11 is 0. The molecule has 1 aliphatic heterocycles. The minimum absolute atomic E-state index is 0.273. The van der Waals surface area contributed by atoms with Crippen LogP contribution in [0.15, 0.2) is 47.4 Å². The number of benzene rings is 2. The molecule has 0 saturated carbocycles. The van der Waals surface area contributed by atoms with Gasteiger partial charge in [-0.25, -0.2) is 17.9 Å². The molecule has 1 N–H and O–H groups in total. The molecule has 1 fully saturated rings. The summed E-state index contributed by atoms with van der Waals surface area (Å²) < 4.78 is 33.3. The quantitative estimate of drug-likeness (QED) is 0.709. The number of ether oxygens (including phenoxy) is 1. The molecule has 2 aromatic rings. The van der Waals surface area contributed by atoms with Crippen LogP contribution in [-0.2, 0) is 14.8 Å². The highest BCUT2D eigenvalue weighted by Crippen LogP contribution is 2.19. The SMILES string of the molecule is CC(C)(C)OC(=O)N1CCN(CCCNS(=O)(=O)c2ccc3ccccc3c2)CC1. The van der Waals surface area contributed by atoms with Crippen molar-refractivity contribution in [3.63, 3.8) is 0 Å². The van der Waals surface area contributed by atoms with Gasteiger partial charge >= 0.3 is 6.09 Å². The van der Waals surface area contributed by atoms with Crippen molar-refractivity contribution in [2.75, 3.05) is 39.3 Å². The van der Waals surface area contributed by atoms with Gasteiger partial charge in [0, 0.05) is 32.7 Å². The van der Waals surface area contributed by atoms with Crippen LogP contribution in [0, 0.1) is 0 Å². The standard InChI is InChI=1S/C22H31N3O4S/c1-22(2,3)29-21(26)25-15-13-24(14-16-25)12-6-11-23-30(27,28)20-10-9-18-7-4-5-8-19(18)17-20/h4-5,7-10,17,23H,6,11-16H2,1-3H3. The minimum atomic E-state index is -3.53. The first kappa shape index (κ1) is 22.5. The molecule has 0 unspecified atom stereocenters. The molecule has 1 heterocycles. The van der Waals surface area contributed by atoms with Crippen molar-refractivity contribution in [1.29, 1.82) is 0 Å². The molecule has 3 rings (SSSR count). The number of amides is 1. The highest BCUT2D eigenvalue weighted by molar-refractivity contribution is 7.89. The first-order valence-electron chi connectivity index (χ1n) is 10.3. The predicted molar refractivity (Wildman–Crippen MR) is 118 cm³/mol. The van der Waals surface area contributed by atoms with Gasteiger partial charge < -0.3 is 9.64 Å². The summed E-state index contributed by atoms with van der Waals surface area (Å²) in [5.41, 5.74) is -0.490. The highest BCUT2D eigenvalue weighted by Gasteiger charge is 2.25. The number of carbonyl (C=O) groups excluding carboxylic acids is 1. The van der Waals surface area contributed by atoms with Crippen molar-refractivity contribution in [2.24, 2.45) is 0 Å². The van der Waals surface area contributed by atoms with Gasteiger partial charge in [0.1, 0.15) is 5.60 Å². The lowest BCUT2D eigenvalue weighted by Crippen LogP contribution is -2.50. The Morgan fingerprint density at radius 2 is 1.70 bits per heavy atom. The van der Waals surface area contributed by atoms with E-state index in [2.05, 4.69) is 9.62 Å². The molecule has 1 saturated heterocycles. The Morgan fingerprint density at radius 1 is 1.03 bits per heavy atom. The molecule has 0 atom stereocenters. The minimum Gasteiger partial charge on any atom is -0.444 e. The van der Waals surface area contributed by atoms with Crippen molar-refractivity contribution in [3.8, 4) is 0 Å². The van der Waals surface area contributed by atoms with Crippen LogP contribution in [0.25, 0.3) is 10.8 Å². The molecule has 8 heteroatoms. The number of fused-ring (bicyclic) bond motifs is 1. The summed E-state index contributed by atoms with van der Waals surface area (Å²) in [4.78, 5) is 16.4. The Bertz CT molecular complexity index is 977. The molecule has 2 aromatic carbocycles. The summed E-state index contributed by atoms with van der Waals surface area (Å²) in [5.74, 6) is 0. The van der Waals surface area contributed by atoms with Crippen LogP contribution in [-0.4, -0.2) is 69.2 Å². The number of piperazine rings is 1. The molecule has 0 radical (unpaired) electrons. The van der Waals surface area contributed by atoms with Gasteiger partial charge in [0.15, 0.2) is 0 Å². The predicted octanol–water partition coefficient (Wildman–Crippen LogP) is 3.06. The average Bonchev–Trinajstić information content (AvgIpc) is 2.70. The fourth-order valence-electron chi connectivity index (χ4n) is 3.41. The maximum Gasteiger partial charge on any atom is 0.410 e. The van der Waals surface area contributed by atoms with Crippen LogP contribution in [0.4, 0.5) is 4.79 Å². The van der Waals surface area contributed by atoms with E-state index in [0.717, 1.165) is 30.4 Å². The second-order valence-corrected chi connectivity index (χ2v) is 10.3. The summed E-state index contributed by atoms with van der Waals surface area (Å²) in [5, 5.41) is 1.92. The number of hydrogen-bond donors (Lipinski definition) is 1. The normalized spacial score (nSPS) is 16.0. The Hall–Kier alpha value is -2.16. The van der Waals surface area contributed by atoms with E-state index in [1.807, 2.05) is 51.1 Å². The fourth-order valence-corrected chi connectivity index (χ4v) is 4.52. The topological polar surface area (TPSA) is 79.0 Å². The summed E-state index contributed by atoms with van der Waals surface area (Å²) in [6, 6.07) is 12.9. The van der Waals surface area contributed by atoms with Gasteiger partial charge in [0.2, 0.25) is 10.0 Å². The lowest BCUT2D eigenvalue weighted by atomic mass is 10.1. The van der Waals surface area contributed by atoms with Crippen LogP contribution in [0.2, 0.25) is 0 Å². The zero-order chi connectivity index (χ0) is 21.8. The second-order valence-electron chi connectivity index (χ2n) is 8.57. The fraction of sp³-hybridized carbons (Fsp3) is 0.500. The number of sulfonamides is 1. The molecule has 0 aromatic heterocycles. The first-order valence-corrected chi connectivity index (χ1v) is 11.8. The summed E-state index contributed by atoms with van der Waals surface area (Å²) in [6.45, 7) is 9.51. The van der Waals surface area contributed by atoms with E-state index in [0.29, 0.717) is 26.1 Å². The third-order valence-electron chi connectivity index (χ3n) is 5.00. The van der Waals surface area contributed by atoms with Crippen molar-refractivity contribution in [2.45, 2.75) is 37.7 Å². The molecule has 164 valence electrons. The maximum atomic E-state index is 12.6. The lowest BCUT2D eigenvalue weighted by Gasteiger charge is -2.35. The van der Waals surface area contributed by atoms with E-state index in [-0.39, 0.29) is 11.0 Å². The molecule has 0 bridgehead atoms. The zero-order valence-electron chi connectivity index (χ0n) is 17.9. The molecular formula is C22H31N3O4S. The third-order valence-corrected chi connectivity index (χ3v) is 6.46. The van der Waals surface area contributed by atoms with Crippen LogP contribution in [0.1, 0.15) is 27.2 Å². The van der Waals surface area contributed by atoms with E-state index in [9.17, 15) is 13.2 Å². The lowest BCUT2D eigenvalue weighted by molar-refractivity contribution is 0.0145. The van der Waals surface area contributed by atoms with Crippen molar-refractivity contribution in [3.05, 3.63) is 42.5 Å². The Kier molecular flexibility index (Phi) is 7.00. The van der Waals surface area contributed by atoms with Gasteiger partial charge in [-0.1, -0.05) is 30.3 Å². The van der Waals surface area contributed by atoms with Crippen molar-refractivity contribution in [1.82, 2.24) is 14.5 Å². The van der Waals surface area contributed by atoms with Crippen LogP contribution in [0.5, 0.6) is 0 Å². The monoisotopic (exact) mass is 433 g/mol. The Morgan fingerprint density at radius 3 is 2.37 bits per heavy atom. The summed E-state index contributed by atoms with van der Waals surface area (Å²) in [6.07, 6.45) is 0.435. The molecular weight excluding hydrogens is 402 g/mol. The van der Waals surface area contributed by atoms with Crippen molar-refractivity contribution >= 4 is 26.9 Å². The molecule has 1 aliphatic rings. The number of hydrogen-bond acceptors (Lipinski definition) is 5. The van der Waals surface area contributed by atoms with Gasteiger partial charge in [-0.2, -0.15) is 0 Å². The van der Waals surface area contributed by atoms with Crippen molar-refractivity contribution < 1.29 is 17.9 Å². The number of nitrogens with one attached hydrogen (secondary N) is 1. The van der Waals surface area contributed by atoms with Crippen LogP contribution < -0.4 is 4.72 Å². The van der Waals surface area contributed by atoms with Gasteiger partial charge in [-0.3, -0.25) is 4.90 Å². The van der Waals surface area contributed by atoms with E-state index < -0.39 is 15.6 Å². The number of carbonyl (C=O) groups is 1. The number of rotatable bonds is 6. The Balaban J connectivity index is 1.42. The zero-order valence-corrected chi connectivity index (χ0v) is 18.7. The van der Waals surface area contributed by atoms with E-state index >= 15 is 0 Å². The third kappa shape index (κ3) is 6.17. The highest BCUT2D eigenvalue weighted by atomic mass is 32.2. The van der Waals surface area contributed by atoms with Gasteiger partial charge in [0.05, 0.1) is 4.90 Å². The van der Waals surface area contributed by atoms with Gasteiger partial charge in [-0.05, 0) is 56.6 Å². The second kappa shape index (κ2) is 9.32. The van der Waals surface area contributed by atoms with Gasteiger partial charge in [0.25, 0.3) is 0 Å². The van der Waals surface area contributed by atoms with Crippen LogP contribution >= 0.6 is 0 Å². The van der Waals surface area contributed by atoms with Crippen LogP contribution in [0.3, 0.4) is 0 Å². The molecule has 0 spiro atoms. The molecule has 30 heavy (non-hydrogen) atoms. The molecule has 1 amide bonds. The Labute approximate surface area is 179 Å². The number of nitrogens with zero attached hydrogens (tertiary/aromatic N) is 2. The maximum absolute atomic E-state index is 12.6. The largest absolute Gasteiger partial charge is 0.444 e. The first-order chi connectivity index (χ1) is 14.1.